The van der Waals surface area contributed by atoms with E-state index in [2.05, 4.69) is 9.67 Å². The van der Waals surface area contributed by atoms with Gasteiger partial charge in [-0.15, -0.1) is 0 Å². The van der Waals surface area contributed by atoms with Crippen molar-refractivity contribution < 1.29 is 9.53 Å². The van der Waals surface area contributed by atoms with Gasteiger partial charge in [-0.25, -0.2) is 4.68 Å². The average molecular weight is 456 g/mol. The molecule has 0 saturated heterocycles. The lowest BCUT2D eigenvalue weighted by molar-refractivity contribution is 0.103. The van der Waals surface area contributed by atoms with Gasteiger partial charge >= 0.3 is 0 Å². The van der Waals surface area contributed by atoms with Crippen molar-refractivity contribution in [3.63, 3.8) is 0 Å². The summed E-state index contributed by atoms with van der Waals surface area (Å²) in [6.45, 7) is 2.61. The number of rotatable bonds is 6. The zero-order valence-corrected chi connectivity index (χ0v) is 19.1. The molecule has 0 radical (unpaired) electrons. The van der Waals surface area contributed by atoms with Crippen molar-refractivity contribution in [2.45, 2.75) is 13.5 Å². The minimum absolute atomic E-state index is 0.0669. The number of methoxy groups -OCH3 is 1. The molecule has 0 aliphatic rings. The number of hydrogen-bond acceptors (Lipinski definition) is 3. The van der Waals surface area contributed by atoms with Gasteiger partial charge in [0, 0.05) is 34.4 Å². The van der Waals surface area contributed by atoms with Gasteiger partial charge in [0.25, 0.3) is 0 Å². The number of aromatic nitrogens is 3. The molecule has 0 fully saturated rings. The monoisotopic (exact) mass is 455 g/mol. The van der Waals surface area contributed by atoms with Crippen molar-refractivity contribution in [3.05, 3.63) is 113 Å². The van der Waals surface area contributed by atoms with Crippen LogP contribution in [0.5, 0.6) is 5.75 Å². The highest BCUT2D eigenvalue weighted by molar-refractivity contribution is 6.30. The SMILES string of the molecule is COc1ccc2c(c1)c(C(=O)c1cnn(-c3ccccc3)c1)c(C)n2Cc1ccc(Cl)cc1. The van der Waals surface area contributed by atoms with Gasteiger partial charge in [0.2, 0.25) is 0 Å². The molecule has 6 heteroatoms. The molecule has 5 rings (SSSR count). The second kappa shape index (κ2) is 8.60. The lowest BCUT2D eigenvalue weighted by Crippen LogP contribution is -2.06. The number of carbonyl (C=O) groups is 1. The molecule has 2 heterocycles. The lowest BCUT2D eigenvalue weighted by atomic mass is 10.0. The Labute approximate surface area is 196 Å². The first-order valence-electron chi connectivity index (χ1n) is 10.6. The highest BCUT2D eigenvalue weighted by Crippen LogP contribution is 2.32. The largest absolute Gasteiger partial charge is 0.497 e. The fraction of sp³-hybridized carbons (Fsp3) is 0.111. The summed E-state index contributed by atoms with van der Waals surface area (Å²) in [5.74, 6) is 0.642. The van der Waals surface area contributed by atoms with E-state index in [1.165, 1.54) is 0 Å². The fourth-order valence-corrected chi connectivity index (χ4v) is 4.28. The third-order valence-corrected chi connectivity index (χ3v) is 6.13. The van der Waals surface area contributed by atoms with E-state index in [9.17, 15) is 4.79 Å². The Kier molecular flexibility index (Phi) is 5.48. The number of ketones is 1. The van der Waals surface area contributed by atoms with E-state index < -0.39 is 0 Å². The molecule has 3 aromatic carbocycles. The molecule has 0 spiro atoms. The zero-order chi connectivity index (χ0) is 22.9. The molecule has 0 amide bonds. The third-order valence-electron chi connectivity index (χ3n) is 5.88. The number of halogens is 1. The Bertz CT molecular complexity index is 1450. The Hall–Kier alpha value is -3.83. The van der Waals surface area contributed by atoms with Crippen LogP contribution in [0.15, 0.2) is 85.2 Å². The molecule has 5 nitrogen and oxygen atoms in total. The molecular formula is C27H22ClN3O2. The van der Waals surface area contributed by atoms with Crippen LogP contribution in [-0.2, 0) is 6.54 Å². The molecule has 33 heavy (non-hydrogen) atoms. The Morgan fingerprint density at radius 2 is 1.79 bits per heavy atom. The van der Waals surface area contributed by atoms with E-state index in [1.807, 2.05) is 79.7 Å². The van der Waals surface area contributed by atoms with E-state index in [0.717, 1.165) is 27.8 Å². The van der Waals surface area contributed by atoms with E-state index in [1.54, 1.807) is 24.2 Å². The number of para-hydroxylation sites is 1. The second-order valence-corrected chi connectivity index (χ2v) is 8.33. The van der Waals surface area contributed by atoms with Gasteiger partial charge in [0.1, 0.15) is 5.75 Å². The Morgan fingerprint density at radius 3 is 2.52 bits per heavy atom. The van der Waals surface area contributed by atoms with Gasteiger partial charge in [-0.2, -0.15) is 5.10 Å². The summed E-state index contributed by atoms with van der Waals surface area (Å²) < 4.78 is 9.33. The first kappa shape index (κ1) is 21.0. The smallest absolute Gasteiger partial charge is 0.198 e. The molecule has 0 atom stereocenters. The maximum Gasteiger partial charge on any atom is 0.198 e. The van der Waals surface area contributed by atoms with E-state index in [4.69, 9.17) is 16.3 Å². The van der Waals surface area contributed by atoms with Crippen LogP contribution in [0.25, 0.3) is 16.6 Å². The van der Waals surface area contributed by atoms with Crippen LogP contribution >= 0.6 is 11.6 Å². The molecule has 2 aromatic heterocycles. The van der Waals surface area contributed by atoms with E-state index in [0.29, 0.717) is 28.4 Å². The summed E-state index contributed by atoms with van der Waals surface area (Å²) in [6, 6.07) is 23.4. The average Bonchev–Trinajstić information content (AvgIpc) is 3.44. The van der Waals surface area contributed by atoms with Crippen molar-refractivity contribution in [2.24, 2.45) is 0 Å². The molecule has 0 bridgehead atoms. The first-order valence-corrected chi connectivity index (χ1v) is 11.0. The molecule has 0 aliphatic heterocycles. The van der Waals surface area contributed by atoms with Crippen molar-refractivity contribution >= 4 is 28.3 Å². The van der Waals surface area contributed by atoms with E-state index >= 15 is 0 Å². The van der Waals surface area contributed by atoms with Gasteiger partial charge < -0.3 is 9.30 Å². The summed E-state index contributed by atoms with van der Waals surface area (Å²) in [6.07, 6.45) is 3.40. The summed E-state index contributed by atoms with van der Waals surface area (Å²) in [4.78, 5) is 13.7. The third kappa shape index (κ3) is 3.92. The summed E-state index contributed by atoms with van der Waals surface area (Å²) >= 11 is 6.06. The second-order valence-electron chi connectivity index (χ2n) is 7.89. The van der Waals surface area contributed by atoms with Crippen molar-refractivity contribution in [3.8, 4) is 11.4 Å². The number of fused-ring (bicyclic) bond motifs is 1. The van der Waals surface area contributed by atoms with Crippen molar-refractivity contribution in [1.29, 1.82) is 0 Å². The van der Waals surface area contributed by atoms with E-state index in [-0.39, 0.29) is 5.78 Å². The van der Waals surface area contributed by atoms with Gasteiger partial charge in [-0.05, 0) is 55.0 Å². The molecule has 0 aliphatic carbocycles. The number of carbonyl (C=O) groups excluding carboxylic acids is 1. The normalized spacial score (nSPS) is 11.1. The van der Waals surface area contributed by atoms with Crippen LogP contribution in [0.4, 0.5) is 0 Å². The minimum atomic E-state index is -0.0669. The Morgan fingerprint density at radius 1 is 1.03 bits per heavy atom. The molecule has 0 saturated carbocycles. The number of nitrogens with zero attached hydrogens (tertiary/aromatic N) is 3. The number of ether oxygens (including phenoxy) is 1. The van der Waals surface area contributed by atoms with Crippen LogP contribution in [-0.4, -0.2) is 27.2 Å². The highest BCUT2D eigenvalue weighted by atomic mass is 35.5. The zero-order valence-electron chi connectivity index (χ0n) is 18.3. The van der Waals surface area contributed by atoms with Crippen LogP contribution in [0, 0.1) is 6.92 Å². The van der Waals surface area contributed by atoms with Crippen molar-refractivity contribution in [2.75, 3.05) is 7.11 Å². The fourth-order valence-electron chi connectivity index (χ4n) is 4.16. The van der Waals surface area contributed by atoms with Crippen LogP contribution in [0.2, 0.25) is 5.02 Å². The summed E-state index contributed by atoms with van der Waals surface area (Å²) in [5, 5.41) is 5.97. The lowest BCUT2D eigenvalue weighted by Gasteiger charge is -2.09. The van der Waals surface area contributed by atoms with Crippen LogP contribution in [0.1, 0.15) is 27.2 Å². The van der Waals surface area contributed by atoms with Crippen LogP contribution < -0.4 is 4.74 Å². The van der Waals surface area contributed by atoms with Gasteiger partial charge in [0.15, 0.2) is 5.78 Å². The standard InChI is InChI=1S/C27H22ClN3O2/c1-18-26(27(32)20-15-29-31(17-20)22-6-4-3-5-7-22)24-14-23(33-2)12-13-25(24)30(18)16-19-8-10-21(28)11-9-19/h3-15,17H,16H2,1-2H3. The maximum absolute atomic E-state index is 13.7. The minimum Gasteiger partial charge on any atom is -0.497 e. The first-order chi connectivity index (χ1) is 16.0. The molecule has 0 unspecified atom stereocenters. The maximum atomic E-state index is 13.7. The predicted molar refractivity (Wildman–Crippen MR) is 131 cm³/mol. The molecular weight excluding hydrogens is 434 g/mol. The summed E-state index contributed by atoms with van der Waals surface area (Å²) in [7, 11) is 1.63. The van der Waals surface area contributed by atoms with Crippen LogP contribution in [0.3, 0.4) is 0 Å². The van der Waals surface area contributed by atoms with Gasteiger partial charge in [-0.1, -0.05) is 41.9 Å². The highest BCUT2D eigenvalue weighted by Gasteiger charge is 2.23. The summed E-state index contributed by atoms with van der Waals surface area (Å²) in [5.41, 5.74) is 5.07. The molecule has 0 N–H and O–H groups in total. The number of hydrogen-bond donors (Lipinski definition) is 0. The quantitative estimate of drug-likeness (QED) is 0.292. The Balaban J connectivity index is 1.61. The van der Waals surface area contributed by atoms with Gasteiger partial charge in [0.05, 0.1) is 30.1 Å². The van der Waals surface area contributed by atoms with Crippen molar-refractivity contribution in [1.82, 2.24) is 14.3 Å². The van der Waals surface area contributed by atoms with Gasteiger partial charge in [-0.3, -0.25) is 4.79 Å². The molecule has 5 aromatic rings. The predicted octanol–water partition coefficient (Wildman–Crippen LogP) is 6.08. The molecule has 164 valence electrons. The topological polar surface area (TPSA) is 49.0 Å². The number of benzene rings is 3.